The number of nitrogens with zero attached hydrogens (tertiary/aromatic N) is 1. The van der Waals surface area contributed by atoms with E-state index in [0.29, 0.717) is 0 Å². The smallest absolute Gasteiger partial charge is 0.118 e. The molecule has 0 atom stereocenters. The highest BCUT2D eigenvalue weighted by Gasteiger charge is 1.93. The first-order valence-corrected chi connectivity index (χ1v) is 4.63. The summed E-state index contributed by atoms with van der Waals surface area (Å²) in [4.78, 5) is 0. The summed E-state index contributed by atoms with van der Waals surface area (Å²) in [6.45, 7) is 3.90. The van der Waals surface area contributed by atoms with E-state index >= 15 is 0 Å². The number of rotatable bonds is 5. The van der Waals surface area contributed by atoms with Gasteiger partial charge in [-0.15, -0.1) is 0 Å². The summed E-state index contributed by atoms with van der Waals surface area (Å²) in [7, 11) is 1.68. The van der Waals surface area contributed by atoms with E-state index < -0.39 is 0 Å². The second-order valence-corrected chi connectivity index (χ2v) is 2.95. The Balaban J connectivity index is 2.40. The van der Waals surface area contributed by atoms with Gasteiger partial charge in [-0.25, -0.2) is 5.32 Å². The highest BCUT2D eigenvalue weighted by atomic mass is 16.5. The zero-order valence-electron chi connectivity index (χ0n) is 8.29. The van der Waals surface area contributed by atoms with Crippen LogP contribution >= 0.6 is 0 Å². The van der Waals surface area contributed by atoms with Crippen molar-refractivity contribution in [3.63, 3.8) is 0 Å². The Morgan fingerprint density at radius 3 is 2.46 bits per heavy atom. The molecule has 0 N–H and O–H groups in total. The van der Waals surface area contributed by atoms with Crippen LogP contribution in [0.3, 0.4) is 0 Å². The van der Waals surface area contributed by atoms with Crippen LogP contribution in [0.25, 0.3) is 0 Å². The van der Waals surface area contributed by atoms with Gasteiger partial charge >= 0.3 is 0 Å². The van der Waals surface area contributed by atoms with Gasteiger partial charge < -0.3 is 4.74 Å². The maximum atomic E-state index is 5.06. The standard InChI is InChI=1S/C11H16NO/c1-3-8-12-9-10-4-6-11(13-2)7-5-10/h4-7H,3,8-9H2,1-2H3. The maximum absolute atomic E-state index is 5.06. The predicted octanol–water partition coefficient (Wildman–Crippen LogP) is 2.21. The zero-order valence-corrected chi connectivity index (χ0v) is 8.29. The van der Waals surface area contributed by atoms with Crippen molar-refractivity contribution < 1.29 is 4.74 Å². The average molecular weight is 178 g/mol. The minimum atomic E-state index is 0.817. The first-order chi connectivity index (χ1) is 6.36. The molecule has 71 valence electrons. The topological polar surface area (TPSA) is 23.3 Å². The molecule has 2 nitrogen and oxygen atoms in total. The highest BCUT2D eigenvalue weighted by Crippen LogP contribution is 2.10. The third kappa shape index (κ3) is 3.47. The van der Waals surface area contributed by atoms with Crippen molar-refractivity contribution in [3.05, 3.63) is 29.8 Å². The number of benzene rings is 1. The zero-order chi connectivity index (χ0) is 9.52. The van der Waals surface area contributed by atoms with Crippen LogP contribution in [0.1, 0.15) is 18.9 Å². The molecule has 0 fully saturated rings. The molecule has 0 aliphatic heterocycles. The Hall–Kier alpha value is -1.02. The van der Waals surface area contributed by atoms with Crippen LogP contribution in [-0.4, -0.2) is 13.7 Å². The first kappa shape index (κ1) is 10.1. The third-order valence-electron chi connectivity index (χ3n) is 1.84. The van der Waals surface area contributed by atoms with Crippen molar-refractivity contribution in [2.24, 2.45) is 0 Å². The molecule has 2 heteroatoms. The second kappa shape index (κ2) is 5.60. The van der Waals surface area contributed by atoms with Crippen molar-refractivity contribution in [1.82, 2.24) is 5.32 Å². The van der Waals surface area contributed by atoms with E-state index in [1.165, 1.54) is 5.56 Å². The number of hydrogen-bond donors (Lipinski definition) is 0. The van der Waals surface area contributed by atoms with Gasteiger partial charge in [-0.1, -0.05) is 19.1 Å². The molecular weight excluding hydrogens is 162 g/mol. The molecule has 0 unspecified atom stereocenters. The minimum Gasteiger partial charge on any atom is -0.497 e. The first-order valence-electron chi connectivity index (χ1n) is 4.63. The molecule has 0 saturated carbocycles. The summed E-state index contributed by atoms with van der Waals surface area (Å²) in [5, 5.41) is 4.37. The molecule has 1 radical (unpaired) electrons. The largest absolute Gasteiger partial charge is 0.497 e. The fourth-order valence-corrected chi connectivity index (χ4v) is 1.10. The van der Waals surface area contributed by atoms with E-state index in [2.05, 4.69) is 24.4 Å². The van der Waals surface area contributed by atoms with Crippen molar-refractivity contribution in [3.8, 4) is 5.75 Å². The predicted molar refractivity (Wildman–Crippen MR) is 54.0 cm³/mol. The molecule has 13 heavy (non-hydrogen) atoms. The van der Waals surface area contributed by atoms with Gasteiger partial charge in [-0.3, -0.25) is 0 Å². The van der Waals surface area contributed by atoms with E-state index in [0.717, 1.165) is 25.3 Å². The fraction of sp³-hybridized carbons (Fsp3) is 0.455. The molecule has 0 amide bonds. The third-order valence-corrected chi connectivity index (χ3v) is 1.84. The molecule has 0 bridgehead atoms. The molecule has 1 aromatic carbocycles. The maximum Gasteiger partial charge on any atom is 0.118 e. The Labute approximate surface area is 79.9 Å². The van der Waals surface area contributed by atoms with Crippen LogP contribution < -0.4 is 10.1 Å². The van der Waals surface area contributed by atoms with Crippen LogP contribution in [0.4, 0.5) is 0 Å². The summed E-state index contributed by atoms with van der Waals surface area (Å²) in [5.74, 6) is 0.902. The quantitative estimate of drug-likeness (QED) is 0.634. The summed E-state index contributed by atoms with van der Waals surface area (Å²) < 4.78 is 5.06. The Bertz CT molecular complexity index is 230. The SMILES string of the molecule is CCC[N]Cc1ccc(OC)cc1. The van der Waals surface area contributed by atoms with Gasteiger partial charge in [0.05, 0.1) is 7.11 Å². The number of hydrogen-bond acceptors (Lipinski definition) is 1. The number of ether oxygens (including phenoxy) is 1. The van der Waals surface area contributed by atoms with E-state index in [4.69, 9.17) is 4.74 Å². The van der Waals surface area contributed by atoms with Gasteiger partial charge in [0.2, 0.25) is 0 Å². The van der Waals surface area contributed by atoms with Gasteiger partial charge in [-0.05, 0) is 24.1 Å². The van der Waals surface area contributed by atoms with Crippen LogP contribution in [0, 0.1) is 0 Å². The Morgan fingerprint density at radius 2 is 1.92 bits per heavy atom. The summed E-state index contributed by atoms with van der Waals surface area (Å²) in [6.07, 6.45) is 1.12. The lowest BCUT2D eigenvalue weighted by molar-refractivity contribution is 0.414. The van der Waals surface area contributed by atoms with Crippen LogP contribution in [0.2, 0.25) is 0 Å². The molecule has 0 aliphatic rings. The van der Waals surface area contributed by atoms with Gasteiger partial charge in [0.1, 0.15) is 5.75 Å². The van der Waals surface area contributed by atoms with Gasteiger partial charge in [0.15, 0.2) is 0 Å². The summed E-state index contributed by atoms with van der Waals surface area (Å²) >= 11 is 0. The second-order valence-electron chi connectivity index (χ2n) is 2.95. The van der Waals surface area contributed by atoms with Crippen LogP contribution in [0.15, 0.2) is 24.3 Å². The van der Waals surface area contributed by atoms with E-state index in [-0.39, 0.29) is 0 Å². The normalized spacial score (nSPS) is 10.0. The molecule has 0 saturated heterocycles. The van der Waals surface area contributed by atoms with Gasteiger partial charge in [0.25, 0.3) is 0 Å². The Kier molecular flexibility index (Phi) is 4.33. The summed E-state index contributed by atoms with van der Waals surface area (Å²) in [5.41, 5.74) is 1.24. The molecule has 0 aromatic heterocycles. The van der Waals surface area contributed by atoms with Crippen molar-refractivity contribution in [1.29, 1.82) is 0 Å². The van der Waals surface area contributed by atoms with Gasteiger partial charge in [-0.2, -0.15) is 0 Å². The summed E-state index contributed by atoms with van der Waals surface area (Å²) in [6, 6.07) is 8.05. The van der Waals surface area contributed by atoms with Crippen molar-refractivity contribution in [2.75, 3.05) is 13.7 Å². The monoisotopic (exact) mass is 178 g/mol. The van der Waals surface area contributed by atoms with Crippen LogP contribution in [-0.2, 0) is 6.54 Å². The van der Waals surface area contributed by atoms with E-state index in [1.807, 2.05) is 12.1 Å². The fourth-order valence-electron chi connectivity index (χ4n) is 1.10. The lowest BCUT2D eigenvalue weighted by atomic mass is 10.2. The molecule has 0 aliphatic carbocycles. The molecule has 0 spiro atoms. The Morgan fingerprint density at radius 1 is 1.23 bits per heavy atom. The van der Waals surface area contributed by atoms with Crippen molar-refractivity contribution in [2.45, 2.75) is 19.9 Å². The van der Waals surface area contributed by atoms with Crippen molar-refractivity contribution >= 4 is 0 Å². The molecule has 0 heterocycles. The van der Waals surface area contributed by atoms with Gasteiger partial charge in [0, 0.05) is 13.1 Å². The molecule has 1 aromatic rings. The highest BCUT2D eigenvalue weighted by molar-refractivity contribution is 5.26. The molecule has 1 rings (SSSR count). The lowest BCUT2D eigenvalue weighted by Crippen LogP contribution is -2.05. The average Bonchev–Trinajstić information content (AvgIpc) is 2.19. The number of methoxy groups -OCH3 is 1. The van der Waals surface area contributed by atoms with Crippen LogP contribution in [0.5, 0.6) is 5.75 Å². The lowest BCUT2D eigenvalue weighted by Gasteiger charge is -2.02. The minimum absolute atomic E-state index is 0.817. The van der Waals surface area contributed by atoms with E-state index in [1.54, 1.807) is 7.11 Å². The molecular formula is C11H16NO. The van der Waals surface area contributed by atoms with E-state index in [9.17, 15) is 0 Å².